The molecule has 2 aromatic heterocycles. The van der Waals surface area contributed by atoms with E-state index in [1.807, 2.05) is 0 Å². The van der Waals surface area contributed by atoms with Gasteiger partial charge in [-0.1, -0.05) is 6.08 Å². The van der Waals surface area contributed by atoms with E-state index in [0.717, 1.165) is 6.20 Å². The van der Waals surface area contributed by atoms with E-state index in [2.05, 4.69) is 9.97 Å². The molecule has 4 nitrogen and oxygen atoms in total. The molecule has 0 saturated carbocycles. The summed E-state index contributed by atoms with van der Waals surface area (Å²) in [6.45, 7) is 0. The van der Waals surface area contributed by atoms with Crippen LogP contribution in [0.25, 0.3) is 11.0 Å². The van der Waals surface area contributed by atoms with Crippen molar-refractivity contribution in [1.82, 2.24) is 14.5 Å². The molecule has 0 saturated heterocycles. The molecular weight excluding hydrogens is 226 g/mol. The summed E-state index contributed by atoms with van der Waals surface area (Å²) in [6.07, 6.45) is 5.22. The van der Waals surface area contributed by atoms with Gasteiger partial charge in [0.05, 0.1) is 18.6 Å². The highest BCUT2D eigenvalue weighted by Crippen LogP contribution is 2.34. The zero-order valence-corrected chi connectivity index (χ0v) is 8.90. The van der Waals surface area contributed by atoms with E-state index in [-0.39, 0.29) is 22.7 Å². The fourth-order valence-electron chi connectivity index (χ4n) is 2.19. The van der Waals surface area contributed by atoms with Crippen molar-refractivity contribution in [3.05, 3.63) is 30.2 Å². The van der Waals surface area contributed by atoms with Gasteiger partial charge in [0.1, 0.15) is 16.9 Å². The third kappa shape index (κ3) is 1.40. The first-order valence-electron chi connectivity index (χ1n) is 5.30. The van der Waals surface area contributed by atoms with Crippen molar-refractivity contribution in [2.75, 3.05) is 5.73 Å². The van der Waals surface area contributed by atoms with Crippen molar-refractivity contribution in [1.29, 1.82) is 0 Å². The van der Waals surface area contributed by atoms with Crippen LogP contribution in [0.5, 0.6) is 0 Å². The molecule has 2 N–H and O–H groups in total. The fourth-order valence-corrected chi connectivity index (χ4v) is 2.19. The van der Waals surface area contributed by atoms with Crippen LogP contribution in [0.3, 0.4) is 0 Å². The Balaban J connectivity index is 2.24. The molecular formula is C11H10F2N4. The average Bonchev–Trinajstić information content (AvgIpc) is 2.89. The van der Waals surface area contributed by atoms with Crippen LogP contribution in [0.4, 0.5) is 14.6 Å². The van der Waals surface area contributed by atoms with Gasteiger partial charge < -0.3 is 10.3 Å². The van der Waals surface area contributed by atoms with Gasteiger partial charge in [-0.3, -0.25) is 0 Å². The zero-order chi connectivity index (χ0) is 12.0. The highest BCUT2D eigenvalue weighted by Gasteiger charge is 2.24. The van der Waals surface area contributed by atoms with E-state index in [9.17, 15) is 8.78 Å². The topological polar surface area (TPSA) is 56.7 Å². The van der Waals surface area contributed by atoms with Crippen LogP contribution in [0.1, 0.15) is 18.9 Å². The molecule has 0 radical (unpaired) electrons. The second kappa shape index (κ2) is 3.51. The first-order valence-corrected chi connectivity index (χ1v) is 5.30. The first kappa shape index (κ1) is 10.2. The molecule has 0 spiro atoms. The zero-order valence-electron chi connectivity index (χ0n) is 8.90. The van der Waals surface area contributed by atoms with Gasteiger partial charge in [0, 0.05) is 0 Å². The Hall–Kier alpha value is -1.98. The van der Waals surface area contributed by atoms with E-state index in [0.29, 0.717) is 12.8 Å². The molecule has 0 bridgehead atoms. The van der Waals surface area contributed by atoms with Gasteiger partial charge in [0.15, 0.2) is 11.6 Å². The molecule has 1 aliphatic carbocycles. The summed E-state index contributed by atoms with van der Waals surface area (Å²) in [5.74, 6) is -0.631. The normalized spacial score (nSPS) is 19.9. The summed E-state index contributed by atoms with van der Waals surface area (Å²) >= 11 is 0. The second-order valence-corrected chi connectivity index (χ2v) is 4.02. The number of aromatic nitrogens is 3. The number of halogens is 2. The first-order chi connectivity index (χ1) is 8.18. The van der Waals surface area contributed by atoms with Crippen molar-refractivity contribution in [2.24, 2.45) is 0 Å². The summed E-state index contributed by atoms with van der Waals surface area (Å²) in [5.41, 5.74) is 6.11. The quantitative estimate of drug-likeness (QED) is 0.826. The molecule has 88 valence electrons. The van der Waals surface area contributed by atoms with Crippen LogP contribution in [0.15, 0.2) is 24.4 Å². The Morgan fingerprint density at radius 2 is 2.18 bits per heavy atom. The van der Waals surface area contributed by atoms with Gasteiger partial charge in [0.2, 0.25) is 0 Å². The maximum atomic E-state index is 13.7. The SMILES string of the molecule is Nc1ncc(F)c2c1ncn2C1CCC=C1F. The van der Waals surface area contributed by atoms with E-state index in [1.54, 1.807) is 0 Å². The minimum absolute atomic E-state index is 0.155. The molecule has 0 aromatic carbocycles. The smallest absolute Gasteiger partial charge is 0.167 e. The molecule has 17 heavy (non-hydrogen) atoms. The lowest BCUT2D eigenvalue weighted by molar-refractivity contribution is 0.465. The largest absolute Gasteiger partial charge is 0.382 e. The number of nitrogen functional groups attached to an aromatic ring is 1. The summed E-state index contributed by atoms with van der Waals surface area (Å²) in [4.78, 5) is 7.68. The van der Waals surface area contributed by atoms with Crippen LogP contribution in [-0.4, -0.2) is 14.5 Å². The van der Waals surface area contributed by atoms with Crippen molar-refractivity contribution in [2.45, 2.75) is 18.9 Å². The second-order valence-electron chi connectivity index (χ2n) is 4.02. The number of pyridine rings is 1. The lowest BCUT2D eigenvalue weighted by atomic mass is 10.2. The van der Waals surface area contributed by atoms with Crippen LogP contribution in [0, 0.1) is 5.82 Å². The van der Waals surface area contributed by atoms with Gasteiger partial charge >= 0.3 is 0 Å². The van der Waals surface area contributed by atoms with Crippen molar-refractivity contribution in [3.63, 3.8) is 0 Å². The predicted molar refractivity (Wildman–Crippen MR) is 59.4 cm³/mol. The van der Waals surface area contributed by atoms with Gasteiger partial charge in [-0.15, -0.1) is 0 Å². The average molecular weight is 236 g/mol. The Labute approximate surface area is 95.8 Å². The Bertz CT molecular complexity index is 617. The van der Waals surface area contributed by atoms with Crippen LogP contribution < -0.4 is 5.73 Å². The van der Waals surface area contributed by atoms with Crippen LogP contribution >= 0.6 is 0 Å². The van der Waals surface area contributed by atoms with Crippen molar-refractivity contribution < 1.29 is 8.78 Å². The number of nitrogens with two attached hydrogens (primary N) is 1. The third-order valence-electron chi connectivity index (χ3n) is 3.01. The van der Waals surface area contributed by atoms with Gasteiger partial charge in [0.25, 0.3) is 0 Å². The number of nitrogens with zero attached hydrogens (tertiary/aromatic N) is 3. The fraction of sp³-hybridized carbons (Fsp3) is 0.273. The number of fused-ring (bicyclic) bond motifs is 1. The lowest BCUT2D eigenvalue weighted by Crippen LogP contribution is -2.06. The number of rotatable bonds is 1. The Morgan fingerprint density at radius 3 is 2.88 bits per heavy atom. The van der Waals surface area contributed by atoms with Crippen molar-refractivity contribution >= 4 is 16.9 Å². The summed E-state index contributed by atoms with van der Waals surface area (Å²) < 4.78 is 28.8. The number of anilines is 1. The molecule has 1 atom stereocenters. The highest BCUT2D eigenvalue weighted by atomic mass is 19.1. The van der Waals surface area contributed by atoms with Crippen LogP contribution in [-0.2, 0) is 0 Å². The van der Waals surface area contributed by atoms with E-state index in [1.165, 1.54) is 17.0 Å². The number of allylic oxidation sites excluding steroid dienone is 2. The van der Waals surface area contributed by atoms with E-state index >= 15 is 0 Å². The molecule has 1 unspecified atom stereocenters. The number of hydrogen-bond acceptors (Lipinski definition) is 3. The Morgan fingerprint density at radius 1 is 1.35 bits per heavy atom. The molecule has 6 heteroatoms. The van der Waals surface area contributed by atoms with E-state index in [4.69, 9.17) is 5.73 Å². The third-order valence-corrected chi connectivity index (χ3v) is 3.01. The Kier molecular flexibility index (Phi) is 2.10. The monoisotopic (exact) mass is 236 g/mol. The molecule has 1 aliphatic rings. The van der Waals surface area contributed by atoms with Gasteiger partial charge in [-0.25, -0.2) is 18.7 Å². The van der Waals surface area contributed by atoms with Crippen LogP contribution in [0.2, 0.25) is 0 Å². The minimum atomic E-state index is -0.536. The molecule has 3 rings (SSSR count). The summed E-state index contributed by atoms with van der Waals surface area (Å²) in [6, 6.07) is -0.476. The summed E-state index contributed by atoms with van der Waals surface area (Å²) in [7, 11) is 0. The minimum Gasteiger partial charge on any atom is -0.382 e. The molecule has 2 aromatic rings. The maximum absolute atomic E-state index is 13.7. The molecule has 2 heterocycles. The predicted octanol–water partition coefficient (Wildman–Crippen LogP) is 2.34. The highest BCUT2D eigenvalue weighted by molar-refractivity contribution is 5.85. The number of hydrogen-bond donors (Lipinski definition) is 1. The van der Waals surface area contributed by atoms with Crippen molar-refractivity contribution in [3.8, 4) is 0 Å². The molecule has 0 aliphatic heterocycles. The standard InChI is InChI=1S/C11H10F2N4/c12-6-2-1-3-8(6)17-5-16-9-10(17)7(13)4-15-11(9)14/h2,4-5,8H,1,3H2,(H2,14,15). The van der Waals surface area contributed by atoms with Gasteiger partial charge in [-0.2, -0.15) is 0 Å². The molecule has 0 fully saturated rings. The molecule has 0 amide bonds. The lowest BCUT2D eigenvalue weighted by Gasteiger charge is -2.12. The van der Waals surface area contributed by atoms with Gasteiger partial charge in [-0.05, 0) is 12.8 Å². The number of imidazole rings is 1. The maximum Gasteiger partial charge on any atom is 0.167 e. The summed E-state index contributed by atoms with van der Waals surface area (Å²) in [5, 5.41) is 0. The van der Waals surface area contributed by atoms with E-state index < -0.39 is 11.9 Å².